The van der Waals surface area contributed by atoms with E-state index in [4.69, 9.17) is 4.74 Å². The van der Waals surface area contributed by atoms with Crippen molar-refractivity contribution < 1.29 is 14.3 Å². The summed E-state index contributed by atoms with van der Waals surface area (Å²) in [4.78, 5) is 26.3. The van der Waals surface area contributed by atoms with Crippen LogP contribution in [0.5, 0.6) is 5.75 Å². The van der Waals surface area contributed by atoms with Gasteiger partial charge in [0.2, 0.25) is 0 Å². The van der Waals surface area contributed by atoms with Gasteiger partial charge in [-0.1, -0.05) is 24.3 Å². The fourth-order valence-corrected chi connectivity index (χ4v) is 3.58. The minimum absolute atomic E-state index is 0.254. The van der Waals surface area contributed by atoms with Crippen molar-refractivity contribution in [2.75, 3.05) is 12.0 Å². The van der Waals surface area contributed by atoms with Gasteiger partial charge in [-0.3, -0.25) is 4.79 Å². The molecule has 1 saturated heterocycles. The summed E-state index contributed by atoms with van der Waals surface area (Å²) in [6.07, 6.45) is 1.72. The number of aryl methyl sites for hydroxylation is 1. The number of rotatable bonds is 4. The van der Waals surface area contributed by atoms with Crippen LogP contribution in [0.1, 0.15) is 17.0 Å². The molecule has 0 atom stereocenters. The Labute approximate surface area is 169 Å². The molecule has 1 aliphatic rings. The molecule has 3 amide bonds. The quantitative estimate of drug-likeness (QED) is 0.539. The summed E-state index contributed by atoms with van der Waals surface area (Å²) < 4.78 is 7.42. The number of ether oxygens (including phenoxy) is 1. The van der Waals surface area contributed by atoms with E-state index in [9.17, 15) is 9.59 Å². The summed E-state index contributed by atoms with van der Waals surface area (Å²) >= 11 is 0. The Morgan fingerprint density at radius 1 is 0.931 bits per heavy atom. The lowest BCUT2D eigenvalue weighted by atomic mass is 10.2. The molecular weight excluding hydrogens is 366 g/mol. The number of para-hydroxylation sites is 1. The van der Waals surface area contributed by atoms with Crippen LogP contribution in [-0.4, -0.2) is 23.6 Å². The maximum absolute atomic E-state index is 12.8. The molecule has 0 radical (unpaired) electrons. The van der Waals surface area contributed by atoms with E-state index in [1.165, 1.54) is 0 Å². The highest BCUT2D eigenvalue weighted by atomic mass is 16.5. The molecule has 3 aromatic rings. The number of hydrogen-bond donors (Lipinski definition) is 1. The Morgan fingerprint density at radius 2 is 1.66 bits per heavy atom. The van der Waals surface area contributed by atoms with Crippen molar-refractivity contribution in [2.45, 2.75) is 13.8 Å². The third kappa shape index (κ3) is 3.29. The molecule has 6 heteroatoms. The maximum Gasteiger partial charge on any atom is 0.333 e. The van der Waals surface area contributed by atoms with Crippen LogP contribution in [0.4, 0.5) is 10.5 Å². The van der Waals surface area contributed by atoms with Gasteiger partial charge in [-0.2, -0.15) is 0 Å². The molecule has 2 aromatic carbocycles. The predicted molar refractivity (Wildman–Crippen MR) is 112 cm³/mol. The molecule has 2 heterocycles. The van der Waals surface area contributed by atoms with Gasteiger partial charge >= 0.3 is 6.03 Å². The van der Waals surface area contributed by atoms with Crippen molar-refractivity contribution in [3.63, 3.8) is 0 Å². The van der Waals surface area contributed by atoms with Crippen LogP contribution in [0.2, 0.25) is 0 Å². The highest BCUT2D eigenvalue weighted by Gasteiger charge is 2.34. The molecule has 1 aromatic heterocycles. The molecule has 0 saturated carbocycles. The number of imide groups is 1. The number of carbonyl (C=O) groups excluding carboxylic acids is 2. The first kappa shape index (κ1) is 18.6. The molecule has 0 bridgehead atoms. The lowest BCUT2D eigenvalue weighted by Crippen LogP contribution is -2.30. The lowest BCUT2D eigenvalue weighted by molar-refractivity contribution is -0.113. The number of amides is 3. The zero-order chi connectivity index (χ0) is 20.5. The van der Waals surface area contributed by atoms with E-state index in [0.29, 0.717) is 5.69 Å². The first-order chi connectivity index (χ1) is 14.0. The summed E-state index contributed by atoms with van der Waals surface area (Å²) in [7, 11) is 1.64. The van der Waals surface area contributed by atoms with E-state index in [0.717, 1.165) is 33.3 Å². The second-order valence-corrected chi connectivity index (χ2v) is 6.83. The summed E-state index contributed by atoms with van der Waals surface area (Å²) in [6, 6.07) is 18.2. The van der Waals surface area contributed by atoms with Crippen molar-refractivity contribution in [3.05, 3.63) is 83.3 Å². The zero-order valence-electron chi connectivity index (χ0n) is 16.5. The van der Waals surface area contributed by atoms with Gasteiger partial charge in [0.15, 0.2) is 0 Å². The molecule has 0 unspecified atom stereocenters. The second kappa shape index (κ2) is 7.31. The molecule has 146 valence electrons. The van der Waals surface area contributed by atoms with Crippen LogP contribution >= 0.6 is 0 Å². The zero-order valence-corrected chi connectivity index (χ0v) is 16.5. The highest BCUT2D eigenvalue weighted by Crippen LogP contribution is 2.27. The first-order valence-electron chi connectivity index (χ1n) is 9.25. The minimum Gasteiger partial charge on any atom is -0.497 e. The molecule has 29 heavy (non-hydrogen) atoms. The van der Waals surface area contributed by atoms with Crippen LogP contribution in [0.15, 0.2) is 66.4 Å². The fraction of sp³-hybridized carbons (Fsp3) is 0.130. The average molecular weight is 387 g/mol. The van der Waals surface area contributed by atoms with E-state index < -0.39 is 6.03 Å². The van der Waals surface area contributed by atoms with Crippen LogP contribution in [0.3, 0.4) is 0 Å². The molecular formula is C23H21N3O3. The van der Waals surface area contributed by atoms with Gasteiger partial charge in [-0.25, -0.2) is 9.69 Å². The monoisotopic (exact) mass is 387 g/mol. The van der Waals surface area contributed by atoms with Crippen LogP contribution in [-0.2, 0) is 4.79 Å². The Morgan fingerprint density at radius 3 is 2.38 bits per heavy atom. The van der Waals surface area contributed by atoms with Crippen molar-refractivity contribution in [1.29, 1.82) is 0 Å². The van der Waals surface area contributed by atoms with Gasteiger partial charge in [-0.05, 0) is 55.8 Å². The van der Waals surface area contributed by atoms with Gasteiger partial charge in [-0.15, -0.1) is 0 Å². The number of nitrogens with one attached hydrogen (secondary N) is 1. The average Bonchev–Trinajstić information content (AvgIpc) is 3.17. The van der Waals surface area contributed by atoms with E-state index in [-0.39, 0.29) is 11.6 Å². The molecule has 1 aliphatic heterocycles. The first-order valence-corrected chi connectivity index (χ1v) is 9.25. The third-order valence-electron chi connectivity index (χ3n) is 4.97. The number of methoxy groups -OCH3 is 1. The number of benzene rings is 2. The third-order valence-corrected chi connectivity index (χ3v) is 4.97. The van der Waals surface area contributed by atoms with Crippen molar-refractivity contribution in [1.82, 2.24) is 9.88 Å². The van der Waals surface area contributed by atoms with Crippen LogP contribution in [0.25, 0.3) is 11.8 Å². The van der Waals surface area contributed by atoms with Gasteiger partial charge < -0.3 is 14.6 Å². The lowest BCUT2D eigenvalue weighted by Gasteiger charge is -2.11. The largest absolute Gasteiger partial charge is 0.497 e. The van der Waals surface area contributed by atoms with Crippen LogP contribution in [0, 0.1) is 13.8 Å². The number of nitrogens with zero attached hydrogens (tertiary/aromatic N) is 2. The molecule has 1 N–H and O–H groups in total. The second-order valence-electron chi connectivity index (χ2n) is 6.83. The van der Waals surface area contributed by atoms with E-state index >= 15 is 0 Å². The molecule has 1 fully saturated rings. The summed E-state index contributed by atoms with van der Waals surface area (Å²) in [5.41, 5.74) is 4.60. The number of anilines is 1. The van der Waals surface area contributed by atoms with Crippen LogP contribution < -0.4 is 15.0 Å². The maximum atomic E-state index is 12.8. The van der Waals surface area contributed by atoms with E-state index in [2.05, 4.69) is 9.88 Å². The smallest absolute Gasteiger partial charge is 0.333 e. The van der Waals surface area contributed by atoms with E-state index in [1.54, 1.807) is 37.5 Å². The number of urea groups is 1. The Kier molecular flexibility index (Phi) is 4.68. The SMILES string of the molecule is COc1cccc(-n2c(C)cc(/C=C3/NC(=O)N(c4ccccc4)C3=O)c2C)c1. The normalized spacial score (nSPS) is 15.1. The Hall–Kier alpha value is -3.80. The number of hydrogen-bond acceptors (Lipinski definition) is 3. The predicted octanol–water partition coefficient (Wildman–Crippen LogP) is 4.20. The van der Waals surface area contributed by atoms with E-state index in [1.807, 2.05) is 50.2 Å². The molecule has 6 nitrogen and oxygen atoms in total. The van der Waals surface area contributed by atoms with Crippen molar-refractivity contribution in [3.8, 4) is 11.4 Å². The number of carbonyl (C=O) groups is 2. The van der Waals surface area contributed by atoms with Crippen molar-refractivity contribution in [2.24, 2.45) is 0 Å². The molecule has 4 rings (SSSR count). The van der Waals surface area contributed by atoms with Gasteiger partial charge in [0.25, 0.3) is 5.91 Å². The fourth-order valence-electron chi connectivity index (χ4n) is 3.58. The Bertz CT molecular complexity index is 1130. The minimum atomic E-state index is -0.450. The standard InChI is InChI=1S/C23H21N3O3/c1-15-12-17(16(2)25(15)19-10-7-11-20(14-19)29-3)13-21-22(27)26(23(28)24-21)18-8-5-4-6-9-18/h4-14H,1-3H3,(H,24,28)/b21-13+. The van der Waals surface area contributed by atoms with Gasteiger partial charge in [0.05, 0.1) is 12.8 Å². The Balaban J connectivity index is 1.71. The van der Waals surface area contributed by atoms with Gasteiger partial charge in [0, 0.05) is 23.1 Å². The van der Waals surface area contributed by atoms with Crippen molar-refractivity contribution >= 4 is 23.7 Å². The highest BCUT2D eigenvalue weighted by molar-refractivity contribution is 6.28. The summed E-state index contributed by atoms with van der Waals surface area (Å²) in [5.74, 6) is 0.402. The summed E-state index contributed by atoms with van der Waals surface area (Å²) in [6.45, 7) is 3.98. The molecule has 0 spiro atoms. The number of aromatic nitrogens is 1. The summed E-state index contributed by atoms with van der Waals surface area (Å²) in [5, 5.41) is 2.68. The topological polar surface area (TPSA) is 63.6 Å². The molecule has 0 aliphatic carbocycles. The van der Waals surface area contributed by atoms with Gasteiger partial charge in [0.1, 0.15) is 11.4 Å².